The van der Waals surface area contributed by atoms with Gasteiger partial charge in [0.25, 0.3) is 0 Å². The Morgan fingerprint density at radius 2 is 2.08 bits per heavy atom. The molecule has 25 heavy (non-hydrogen) atoms. The van der Waals surface area contributed by atoms with Crippen molar-refractivity contribution >= 4 is 29.3 Å². The summed E-state index contributed by atoms with van der Waals surface area (Å²) in [7, 11) is 0. The van der Waals surface area contributed by atoms with Gasteiger partial charge in [-0.3, -0.25) is 9.59 Å². The number of anilines is 1. The van der Waals surface area contributed by atoms with Crippen molar-refractivity contribution in [2.24, 2.45) is 0 Å². The van der Waals surface area contributed by atoms with Crippen molar-refractivity contribution in [1.82, 2.24) is 5.32 Å². The Hall–Kier alpha value is -1.69. The van der Waals surface area contributed by atoms with E-state index in [4.69, 9.17) is 4.74 Å². The molecule has 0 aromatic heterocycles. The molecule has 0 spiro atoms. The van der Waals surface area contributed by atoms with E-state index in [1.165, 1.54) is 12.2 Å². The molecular weight excluding hydrogens is 336 g/mol. The van der Waals surface area contributed by atoms with Crippen LogP contribution in [0.25, 0.3) is 0 Å². The zero-order valence-corrected chi connectivity index (χ0v) is 15.9. The highest BCUT2D eigenvalue weighted by atomic mass is 32.2. The van der Waals surface area contributed by atoms with Crippen LogP contribution < -0.4 is 15.0 Å². The van der Waals surface area contributed by atoms with Gasteiger partial charge in [-0.15, -0.1) is 0 Å². The third-order valence-corrected chi connectivity index (χ3v) is 5.20. The average molecular weight is 365 g/mol. The first-order chi connectivity index (χ1) is 12.1. The van der Waals surface area contributed by atoms with Crippen LogP contribution in [0, 0.1) is 0 Å². The van der Waals surface area contributed by atoms with E-state index in [0.717, 1.165) is 23.6 Å². The highest BCUT2D eigenvalue weighted by Gasteiger charge is 2.27. The minimum absolute atomic E-state index is 0.0312. The summed E-state index contributed by atoms with van der Waals surface area (Å²) < 4.78 is 5.76. The molecule has 0 saturated carbocycles. The largest absolute Gasteiger partial charge is 0.487 e. The van der Waals surface area contributed by atoms with Crippen molar-refractivity contribution in [2.45, 2.75) is 45.6 Å². The second-order valence-electron chi connectivity index (χ2n) is 6.22. The van der Waals surface area contributed by atoms with Crippen LogP contribution in [-0.4, -0.2) is 42.5 Å². The van der Waals surface area contributed by atoms with Crippen molar-refractivity contribution in [3.63, 3.8) is 0 Å². The summed E-state index contributed by atoms with van der Waals surface area (Å²) in [6.45, 7) is 5.31. The third-order valence-electron chi connectivity index (χ3n) is 3.93. The number of ether oxygens (including phenoxy) is 1. The fraction of sp³-hybridized carbons (Fsp3) is 0.579. The van der Waals surface area contributed by atoms with Crippen LogP contribution >= 0.6 is 11.8 Å². The van der Waals surface area contributed by atoms with Crippen molar-refractivity contribution < 1.29 is 14.3 Å². The molecule has 1 atom stereocenters. The van der Waals surface area contributed by atoms with Crippen LogP contribution in [0.2, 0.25) is 0 Å². The summed E-state index contributed by atoms with van der Waals surface area (Å²) in [5, 5.41) is 2.90. The number of carbonyl (C=O) groups is 2. The second kappa shape index (κ2) is 10.3. The fourth-order valence-electron chi connectivity index (χ4n) is 2.72. The van der Waals surface area contributed by atoms with Gasteiger partial charge in [0.15, 0.2) is 0 Å². The van der Waals surface area contributed by atoms with Gasteiger partial charge in [-0.2, -0.15) is 11.8 Å². The maximum absolute atomic E-state index is 12.5. The SMILES string of the molecule is CCCSCCCNC(=O)CCC(=O)N1C[C@H](C)Oc2ccccc21. The lowest BCUT2D eigenvalue weighted by atomic mass is 10.1. The Labute approximate surface area is 154 Å². The predicted molar refractivity (Wildman–Crippen MR) is 103 cm³/mol. The average Bonchev–Trinajstić information content (AvgIpc) is 2.61. The number of rotatable bonds is 9. The van der Waals surface area contributed by atoms with Gasteiger partial charge >= 0.3 is 0 Å². The number of carbonyl (C=O) groups excluding carboxylic acids is 2. The van der Waals surface area contributed by atoms with E-state index in [1.54, 1.807) is 4.90 Å². The number of hydrogen-bond acceptors (Lipinski definition) is 4. The van der Waals surface area contributed by atoms with E-state index in [0.29, 0.717) is 13.1 Å². The molecule has 2 amide bonds. The predicted octanol–water partition coefficient (Wildman–Crippen LogP) is 3.23. The fourth-order valence-corrected chi connectivity index (χ4v) is 3.56. The first kappa shape index (κ1) is 19.6. The summed E-state index contributed by atoms with van der Waals surface area (Å²) in [4.78, 5) is 26.2. The Kier molecular flexibility index (Phi) is 8.12. The van der Waals surface area contributed by atoms with Gasteiger partial charge in [0.1, 0.15) is 11.9 Å². The quantitative estimate of drug-likeness (QED) is 0.684. The summed E-state index contributed by atoms with van der Waals surface area (Å²) in [5.41, 5.74) is 0.791. The highest BCUT2D eigenvalue weighted by molar-refractivity contribution is 7.99. The molecule has 0 fully saturated rings. The molecular formula is C19H28N2O3S. The lowest BCUT2D eigenvalue weighted by Gasteiger charge is -2.33. The minimum Gasteiger partial charge on any atom is -0.487 e. The van der Waals surface area contributed by atoms with E-state index in [2.05, 4.69) is 12.2 Å². The van der Waals surface area contributed by atoms with Gasteiger partial charge in [-0.1, -0.05) is 19.1 Å². The summed E-state index contributed by atoms with van der Waals surface area (Å²) in [5.74, 6) is 2.88. The molecule has 1 N–H and O–H groups in total. The van der Waals surface area contributed by atoms with Crippen molar-refractivity contribution in [3.05, 3.63) is 24.3 Å². The van der Waals surface area contributed by atoms with E-state index in [-0.39, 0.29) is 30.8 Å². The molecule has 1 aliphatic heterocycles. The third kappa shape index (κ3) is 6.27. The minimum atomic E-state index is -0.0524. The molecule has 0 unspecified atom stereocenters. The molecule has 1 aromatic carbocycles. The molecule has 0 aliphatic carbocycles. The Morgan fingerprint density at radius 1 is 1.28 bits per heavy atom. The second-order valence-corrected chi connectivity index (χ2v) is 7.44. The Morgan fingerprint density at radius 3 is 2.88 bits per heavy atom. The standard InChI is InChI=1S/C19H28N2O3S/c1-3-12-25-13-6-11-20-18(22)9-10-19(23)21-14-15(2)24-17-8-5-4-7-16(17)21/h4-5,7-8,15H,3,6,9-14H2,1-2H3,(H,20,22)/t15-/m0/s1. The van der Waals surface area contributed by atoms with E-state index >= 15 is 0 Å². The van der Waals surface area contributed by atoms with Crippen molar-refractivity contribution in [3.8, 4) is 5.75 Å². The number of amides is 2. The van der Waals surface area contributed by atoms with E-state index in [9.17, 15) is 9.59 Å². The lowest BCUT2D eigenvalue weighted by Crippen LogP contribution is -2.42. The molecule has 0 radical (unpaired) electrons. The zero-order valence-electron chi connectivity index (χ0n) is 15.1. The van der Waals surface area contributed by atoms with E-state index in [1.807, 2.05) is 43.0 Å². The number of thioether (sulfide) groups is 1. The number of nitrogens with zero attached hydrogens (tertiary/aromatic N) is 1. The summed E-state index contributed by atoms with van der Waals surface area (Å²) in [6.07, 6.45) is 2.56. The van der Waals surface area contributed by atoms with Gasteiger partial charge in [0.2, 0.25) is 11.8 Å². The van der Waals surface area contributed by atoms with Crippen molar-refractivity contribution in [1.29, 1.82) is 0 Å². The van der Waals surface area contributed by atoms with Gasteiger partial charge in [-0.05, 0) is 43.4 Å². The topological polar surface area (TPSA) is 58.6 Å². The van der Waals surface area contributed by atoms with Gasteiger partial charge < -0.3 is 15.0 Å². The number of fused-ring (bicyclic) bond motifs is 1. The van der Waals surface area contributed by atoms with Gasteiger partial charge in [0.05, 0.1) is 12.2 Å². The maximum atomic E-state index is 12.5. The molecule has 138 valence electrons. The van der Waals surface area contributed by atoms with Crippen molar-refractivity contribution in [2.75, 3.05) is 29.5 Å². The molecule has 5 nitrogen and oxygen atoms in total. The number of benzene rings is 1. The number of hydrogen-bond donors (Lipinski definition) is 1. The van der Waals surface area contributed by atoms with Crippen LogP contribution in [0.5, 0.6) is 5.75 Å². The van der Waals surface area contributed by atoms with Crippen LogP contribution in [0.1, 0.15) is 39.5 Å². The first-order valence-corrected chi connectivity index (χ1v) is 10.2. The van der Waals surface area contributed by atoms with Crippen LogP contribution in [-0.2, 0) is 9.59 Å². The van der Waals surface area contributed by atoms with Gasteiger partial charge in [0, 0.05) is 19.4 Å². The molecule has 6 heteroatoms. The van der Waals surface area contributed by atoms with Crippen LogP contribution in [0.15, 0.2) is 24.3 Å². The smallest absolute Gasteiger partial charge is 0.227 e. The molecule has 1 aromatic rings. The molecule has 0 bridgehead atoms. The summed E-state index contributed by atoms with van der Waals surface area (Å²) in [6, 6.07) is 7.54. The molecule has 1 aliphatic rings. The highest BCUT2D eigenvalue weighted by Crippen LogP contribution is 2.33. The molecule has 1 heterocycles. The number of para-hydroxylation sites is 2. The summed E-state index contributed by atoms with van der Waals surface area (Å²) >= 11 is 1.91. The normalized spacial score (nSPS) is 16.1. The zero-order chi connectivity index (χ0) is 18.1. The first-order valence-electron chi connectivity index (χ1n) is 9.02. The lowest BCUT2D eigenvalue weighted by molar-refractivity contribution is -0.125. The van der Waals surface area contributed by atoms with Crippen LogP contribution in [0.4, 0.5) is 5.69 Å². The van der Waals surface area contributed by atoms with Gasteiger partial charge in [-0.25, -0.2) is 0 Å². The molecule has 0 saturated heterocycles. The Bertz CT molecular complexity index is 580. The Balaban J connectivity index is 1.74. The molecule has 2 rings (SSSR count). The van der Waals surface area contributed by atoms with Crippen LogP contribution in [0.3, 0.4) is 0 Å². The monoisotopic (exact) mass is 364 g/mol. The van der Waals surface area contributed by atoms with E-state index < -0.39 is 0 Å². The maximum Gasteiger partial charge on any atom is 0.227 e. The number of nitrogens with one attached hydrogen (secondary N) is 1.